The SMILES string of the molecule is Cc1cc(N2CCN(S(=O)(=O)c3ccccc3OC(F)(F)F)CC2)nc(N2CCCC2)n1. The van der Waals surface area contributed by atoms with E-state index in [1.165, 1.54) is 16.4 Å². The molecule has 174 valence electrons. The molecule has 12 heteroatoms. The quantitative estimate of drug-likeness (QED) is 0.664. The minimum absolute atomic E-state index is 0.116. The van der Waals surface area contributed by atoms with Gasteiger partial charge in [0.15, 0.2) is 0 Å². The molecule has 1 aromatic heterocycles. The maximum absolute atomic E-state index is 13.0. The summed E-state index contributed by atoms with van der Waals surface area (Å²) >= 11 is 0. The molecular weight excluding hydrogens is 447 g/mol. The van der Waals surface area contributed by atoms with E-state index >= 15 is 0 Å². The molecule has 2 saturated heterocycles. The van der Waals surface area contributed by atoms with Crippen LogP contribution in [0.4, 0.5) is 24.9 Å². The molecule has 0 saturated carbocycles. The molecule has 2 aliphatic heterocycles. The van der Waals surface area contributed by atoms with Crippen LogP contribution in [0.25, 0.3) is 0 Å². The van der Waals surface area contributed by atoms with Crippen molar-refractivity contribution in [2.24, 2.45) is 0 Å². The Balaban J connectivity index is 1.50. The number of piperazine rings is 1. The number of rotatable bonds is 5. The predicted molar refractivity (Wildman–Crippen MR) is 112 cm³/mol. The molecule has 0 spiro atoms. The highest BCUT2D eigenvalue weighted by Gasteiger charge is 2.36. The number of ether oxygens (including phenoxy) is 1. The summed E-state index contributed by atoms with van der Waals surface area (Å²) in [5.74, 6) is 0.659. The first-order valence-corrected chi connectivity index (χ1v) is 11.8. The van der Waals surface area contributed by atoms with Crippen molar-refractivity contribution in [3.05, 3.63) is 36.0 Å². The van der Waals surface area contributed by atoms with Gasteiger partial charge in [0.25, 0.3) is 0 Å². The smallest absolute Gasteiger partial charge is 0.404 e. The van der Waals surface area contributed by atoms with Crippen LogP contribution in [0.15, 0.2) is 35.2 Å². The minimum Gasteiger partial charge on any atom is -0.404 e. The van der Waals surface area contributed by atoms with Gasteiger partial charge in [-0.3, -0.25) is 0 Å². The highest BCUT2D eigenvalue weighted by Crippen LogP contribution is 2.32. The Morgan fingerprint density at radius 3 is 2.25 bits per heavy atom. The number of benzene rings is 1. The first-order chi connectivity index (χ1) is 15.1. The Hall–Kier alpha value is -2.60. The van der Waals surface area contributed by atoms with Crippen molar-refractivity contribution in [1.29, 1.82) is 0 Å². The van der Waals surface area contributed by atoms with Crippen LogP contribution in [-0.2, 0) is 10.0 Å². The van der Waals surface area contributed by atoms with Gasteiger partial charge < -0.3 is 14.5 Å². The molecule has 32 heavy (non-hydrogen) atoms. The maximum Gasteiger partial charge on any atom is 0.573 e. The van der Waals surface area contributed by atoms with Crippen molar-refractivity contribution in [2.45, 2.75) is 31.0 Å². The fourth-order valence-electron chi connectivity index (χ4n) is 3.93. The molecule has 0 aliphatic carbocycles. The van der Waals surface area contributed by atoms with E-state index in [9.17, 15) is 21.6 Å². The highest BCUT2D eigenvalue weighted by molar-refractivity contribution is 7.89. The number of hydrogen-bond donors (Lipinski definition) is 0. The number of aryl methyl sites for hydroxylation is 1. The van der Waals surface area contributed by atoms with Gasteiger partial charge in [-0.1, -0.05) is 12.1 Å². The number of halogens is 3. The summed E-state index contributed by atoms with van der Waals surface area (Å²) in [4.78, 5) is 12.8. The lowest BCUT2D eigenvalue weighted by atomic mass is 10.3. The van der Waals surface area contributed by atoms with Gasteiger partial charge in [-0.15, -0.1) is 13.2 Å². The van der Waals surface area contributed by atoms with Gasteiger partial charge in [-0.05, 0) is 31.9 Å². The zero-order chi connectivity index (χ0) is 22.9. The summed E-state index contributed by atoms with van der Waals surface area (Å²) < 4.78 is 69.4. The molecule has 0 atom stereocenters. The van der Waals surface area contributed by atoms with Crippen molar-refractivity contribution in [3.63, 3.8) is 0 Å². The number of para-hydroxylation sites is 1. The minimum atomic E-state index is -4.98. The summed E-state index contributed by atoms with van der Waals surface area (Å²) in [5, 5.41) is 0. The van der Waals surface area contributed by atoms with Crippen LogP contribution in [0.3, 0.4) is 0 Å². The van der Waals surface area contributed by atoms with Crippen LogP contribution in [0.1, 0.15) is 18.5 Å². The van der Waals surface area contributed by atoms with E-state index in [1.807, 2.05) is 17.9 Å². The van der Waals surface area contributed by atoms with Crippen LogP contribution < -0.4 is 14.5 Å². The summed E-state index contributed by atoms with van der Waals surface area (Å²) in [5.41, 5.74) is 0.824. The fraction of sp³-hybridized carbons (Fsp3) is 0.500. The predicted octanol–water partition coefficient (Wildman–Crippen LogP) is 2.79. The third-order valence-electron chi connectivity index (χ3n) is 5.47. The Kier molecular flexibility index (Phi) is 6.17. The Bertz CT molecular complexity index is 1070. The lowest BCUT2D eigenvalue weighted by molar-refractivity contribution is -0.275. The molecule has 0 unspecified atom stereocenters. The largest absolute Gasteiger partial charge is 0.573 e. The van der Waals surface area contributed by atoms with Gasteiger partial charge in [0.2, 0.25) is 16.0 Å². The van der Waals surface area contributed by atoms with Gasteiger partial charge in [-0.25, -0.2) is 13.4 Å². The Labute approximate surface area is 184 Å². The second-order valence-electron chi connectivity index (χ2n) is 7.75. The normalized spacial score (nSPS) is 18.2. The molecule has 0 bridgehead atoms. The van der Waals surface area contributed by atoms with Gasteiger partial charge in [-0.2, -0.15) is 9.29 Å². The molecule has 2 aromatic rings. The maximum atomic E-state index is 13.0. The molecule has 0 amide bonds. The highest BCUT2D eigenvalue weighted by atomic mass is 32.2. The Morgan fingerprint density at radius 1 is 0.938 bits per heavy atom. The van der Waals surface area contributed by atoms with E-state index in [4.69, 9.17) is 0 Å². The third-order valence-corrected chi connectivity index (χ3v) is 7.41. The molecule has 8 nitrogen and oxygen atoms in total. The number of nitrogens with zero attached hydrogens (tertiary/aromatic N) is 5. The second-order valence-corrected chi connectivity index (χ2v) is 9.65. The molecule has 4 rings (SSSR count). The Morgan fingerprint density at radius 2 is 1.59 bits per heavy atom. The van der Waals surface area contributed by atoms with E-state index in [-0.39, 0.29) is 13.1 Å². The van der Waals surface area contributed by atoms with Crippen molar-refractivity contribution in [1.82, 2.24) is 14.3 Å². The van der Waals surface area contributed by atoms with Crippen LogP contribution >= 0.6 is 0 Å². The van der Waals surface area contributed by atoms with Crippen LogP contribution in [0.2, 0.25) is 0 Å². The monoisotopic (exact) mass is 471 g/mol. The van der Waals surface area contributed by atoms with Crippen LogP contribution in [0.5, 0.6) is 5.75 Å². The van der Waals surface area contributed by atoms with Gasteiger partial charge in [0.05, 0.1) is 0 Å². The van der Waals surface area contributed by atoms with Crippen molar-refractivity contribution < 1.29 is 26.3 Å². The van der Waals surface area contributed by atoms with Crippen molar-refractivity contribution in [2.75, 3.05) is 49.1 Å². The van der Waals surface area contributed by atoms with E-state index in [2.05, 4.69) is 19.6 Å². The zero-order valence-corrected chi connectivity index (χ0v) is 18.4. The van der Waals surface area contributed by atoms with E-state index in [0.717, 1.165) is 49.6 Å². The van der Waals surface area contributed by atoms with Crippen LogP contribution in [-0.4, -0.2) is 68.3 Å². The summed E-state index contributed by atoms with van der Waals surface area (Å²) in [6.45, 7) is 4.66. The topological polar surface area (TPSA) is 78.9 Å². The molecule has 0 radical (unpaired) electrons. The average Bonchev–Trinajstić information content (AvgIpc) is 3.27. The number of sulfonamides is 1. The van der Waals surface area contributed by atoms with Crippen molar-refractivity contribution in [3.8, 4) is 5.75 Å². The number of anilines is 2. The molecule has 3 heterocycles. The standard InChI is InChI=1S/C20H24F3N5O3S/c1-15-14-18(25-19(24-15)27-8-4-5-9-27)26-10-12-28(13-11-26)32(29,30)17-7-3-2-6-16(17)31-20(21,22)23/h2-3,6-7,14H,4-5,8-13H2,1H3. The molecular formula is C20H24F3N5O3S. The van der Waals surface area contributed by atoms with E-state index in [0.29, 0.717) is 19.0 Å². The van der Waals surface area contributed by atoms with Crippen molar-refractivity contribution >= 4 is 21.8 Å². The van der Waals surface area contributed by atoms with E-state index in [1.54, 1.807) is 0 Å². The molecule has 0 N–H and O–H groups in total. The zero-order valence-electron chi connectivity index (χ0n) is 17.5. The summed E-state index contributed by atoms with van der Waals surface area (Å²) in [6.07, 6.45) is -2.78. The second kappa shape index (κ2) is 8.74. The lowest BCUT2D eigenvalue weighted by Gasteiger charge is -2.35. The number of hydrogen-bond acceptors (Lipinski definition) is 7. The first-order valence-electron chi connectivity index (χ1n) is 10.3. The van der Waals surface area contributed by atoms with Gasteiger partial charge in [0, 0.05) is 51.0 Å². The summed E-state index contributed by atoms with van der Waals surface area (Å²) in [6, 6.07) is 6.65. The molecule has 2 aliphatic rings. The number of aromatic nitrogens is 2. The van der Waals surface area contributed by atoms with Gasteiger partial charge in [0.1, 0.15) is 16.5 Å². The fourth-order valence-corrected chi connectivity index (χ4v) is 5.46. The molecule has 2 fully saturated rings. The summed E-state index contributed by atoms with van der Waals surface area (Å²) in [7, 11) is -4.16. The van der Waals surface area contributed by atoms with E-state index < -0.39 is 27.0 Å². The van der Waals surface area contributed by atoms with Crippen LogP contribution in [0, 0.1) is 6.92 Å². The first kappa shape index (κ1) is 22.6. The molecule has 1 aromatic carbocycles. The number of alkyl halides is 3. The third kappa shape index (κ3) is 4.90. The average molecular weight is 472 g/mol. The lowest BCUT2D eigenvalue weighted by Crippen LogP contribution is -2.49. The van der Waals surface area contributed by atoms with Gasteiger partial charge >= 0.3 is 6.36 Å².